The summed E-state index contributed by atoms with van der Waals surface area (Å²) in [7, 11) is 0. The second kappa shape index (κ2) is 3.65. The van der Waals surface area contributed by atoms with Gasteiger partial charge < -0.3 is 5.11 Å². The third-order valence-corrected chi connectivity index (χ3v) is 2.98. The summed E-state index contributed by atoms with van der Waals surface area (Å²) in [6, 6.07) is 0. The lowest BCUT2D eigenvalue weighted by atomic mass is 10.6. The molecule has 0 aliphatic carbocycles. The third-order valence-electron chi connectivity index (χ3n) is 1.45. The van der Waals surface area contributed by atoms with Crippen LogP contribution in [0.5, 0.6) is 0 Å². The predicted octanol–water partition coefficient (Wildman–Crippen LogP) is 1.63. The Labute approximate surface area is 96.5 Å². The lowest BCUT2D eigenvalue weighted by molar-refractivity contribution is 0.0702. The number of carbonyl (C=O) groups is 1. The Kier molecular flexibility index (Phi) is 2.50. The molecule has 0 saturated carbocycles. The normalized spacial score (nSPS) is 10.4. The van der Waals surface area contributed by atoms with Crippen molar-refractivity contribution in [1.29, 1.82) is 0 Å². The van der Waals surface area contributed by atoms with Crippen LogP contribution >= 0.6 is 33.9 Å². The standard InChI is InChI=1S/C7H4IN3O2S/c8-4-1-10-11(3-4)7-9-2-5(14-7)6(12)13/h1-3H,(H,12,13). The summed E-state index contributed by atoms with van der Waals surface area (Å²) in [4.78, 5) is 14.8. The number of aromatic carboxylic acids is 1. The molecule has 0 amide bonds. The number of hydrogen-bond acceptors (Lipinski definition) is 4. The fourth-order valence-corrected chi connectivity index (χ4v) is 1.95. The maximum absolute atomic E-state index is 10.6. The van der Waals surface area contributed by atoms with E-state index in [-0.39, 0.29) is 4.88 Å². The van der Waals surface area contributed by atoms with Crippen molar-refractivity contribution in [2.45, 2.75) is 0 Å². The number of rotatable bonds is 2. The minimum Gasteiger partial charge on any atom is -0.477 e. The molecule has 5 nitrogen and oxygen atoms in total. The molecule has 2 rings (SSSR count). The molecule has 7 heteroatoms. The van der Waals surface area contributed by atoms with E-state index in [9.17, 15) is 4.79 Å². The van der Waals surface area contributed by atoms with E-state index in [1.807, 2.05) is 0 Å². The van der Waals surface area contributed by atoms with Crippen molar-refractivity contribution in [3.8, 4) is 5.13 Å². The summed E-state index contributed by atoms with van der Waals surface area (Å²) in [6.07, 6.45) is 4.80. The first kappa shape index (κ1) is 9.59. The number of halogens is 1. The molecule has 0 bridgehead atoms. The molecule has 2 aromatic heterocycles. The zero-order chi connectivity index (χ0) is 10.1. The smallest absolute Gasteiger partial charge is 0.347 e. The number of carboxylic acids is 1. The predicted molar refractivity (Wildman–Crippen MR) is 58.9 cm³/mol. The maximum Gasteiger partial charge on any atom is 0.347 e. The average Bonchev–Trinajstić information content (AvgIpc) is 2.70. The van der Waals surface area contributed by atoms with E-state index in [2.05, 4.69) is 32.7 Å². The lowest BCUT2D eigenvalue weighted by Gasteiger charge is -1.90. The summed E-state index contributed by atoms with van der Waals surface area (Å²) in [5.74, 6) is -0.962. The van der Waals surface area contributed by atoms with Crippen LogP contribution in [0.25, 0.3) is 5.13 Å². The Morgan fingerprint density at radius 1 is 1.57 bits per heavy atom. The second-order valence-electron chi connectivity index (χ2n) is 2.42. The fraction of sp³-hybridized carbons (Fsp3) is 0. The van der Waals surface area contributed by atoms with Crippen molar-refractivity contribution in [3.05, 3.63) is 27.0 Å². The molecule has 0 radical (unpaired) electrons. The van der Waals surface area contributed by atoms with Crippen molar-refractivity contribution in [2.24, 2.45) is 0 Å². The van der Waals surface area contributed by atoms with Gasteiger partial charge in [0, 0.05) is 6.20 Å². The van der Waals surface area contributed by atoms with Gasteiger partial charge >= 0.3 is 5.97 Å². The first-order valence-electron chi connectivity index (χ1n) is 3.56. The average molecular weight is 321 g/mol. The zero-order valence-electron chi connectivity index (χ0n) is 6.72. The summed E-state index contributed by atoms with van der Waals surface area (Å²) in [5, 5.41) is 13.3. The maximum atomic E-state index is 10.6. The largest absolute Gasteiger partial charge is 0.477 e. The highest BCUT2D eigenvalue weighted by Gasteiger charge is 2.10. The molecular formula is C7H4IN3O2S. The lowest BCUT2D eigenvalue weighted by Crippen LogP contribution is -1.92. The van der Waals surface area contributed by atoms with Crippen LogP contribution in [0.4, 0.5) is 0 Å². The second-order valence-corrected chi connectivity index (χ2v) is 4.67. The number of hydrogen-bond donors (Lipinski definition) is 1. The third kappa shape index (κ3) is 1.77. The van der Waals surface area contributed by atoms with Crippen LogP contribution < -0.4 is 0 Å². The molecular weight excluding hydrogens is 317 g/mol. The molecule has 0 spiro atoms. The van der Waals surface area contributed by atoms with Crippen molar-refractivity contribution in [1.82, 2.24) is 14.8 Å². The van der Waals surface area contributed by atoms with Crippen LogP contribution in [0.1, 0.15) is 9.67 Å². The van der Waals surface area contributed by atoms with Gasteiger partial charge in [-0.05, 0) is 22.6 Å². The van der Waals surface area contributed by atoms with E-state index >= 15 is 0 Å². The van der Waals surface area contributed by atoms with Gasteiger partial charge in [-0.15, -0.1) is 0 Å². The van der Waals surface area contributed by atoms with E-state index in [4.69, 9.17) is 5.11 Å². The highest BCUT2D eigenvalue weighted by atomic mass is 127. The highest BCUT2D eigenvalue weighted by Crippen LogP contribution is 2.17. The Bertz CT molecular complexity index is 479. The molecule has 2 heterocycles. The van der Waals surface area contributed by atoms with Crippen molar-refractivity contribution < 1.29 is 9.90 Å². The van der Waals surface area contributed by atoms with Gasteiger partial charge in [-0.25, -0.2) is 14.5 Å². The van der Waals surface area contributed by atoms with E-state index in [0.29, 0.717) is 5.13 Å². The summed E-state index contributed by atoms with van der Waals surface area (Å²) >= 11 is 3.22. The Hall–Kier alpha value is -0.960. The summed E-state index contributed by atoms with van der Waals surface area (Å²) in [5.41, 5.74) is 0. The van der Waals surface area contributed by atoms with Crippen LogP contribution in [0.2, 0.25) is 0 Å². The molecule has 0 unspecified atom stereocenters. The molecule has 0 aliphatic rings. The Morgan fingerprint density at radius 3 is 2.86 bits per heavy atom. The van der Waals surface area contributed by atoms with Crippen molar-refractivity contribution in [3.63, 3.8) is 0 Å². The van der Waals surface area contributed by atoms with E-state index < -0.39 is 5.97 Å². The van der Waals surface area contributed by atoms with Crippen LogP contribution in [-0.4, -0.2) is 25.8 Å². The molecule has 0 aromatic carbocycles. The van der Waals surface area contributed by atoms with E-state index in [1.54, 1.807) is 17.1 Å². The quantitative estimate of drug-likeness (QED) is 0.854. The SMILES string of the molecule is O=C(O)c1cnc(-n2cc(I)cn2)s1. The number of aromatic nitrogens is 3. The topological polar surface area (TPSA) is 68.0 Å². The van der Waals surface area contributed by atoms with Crippen molar-refractivity contribution >= 4 is 39.9 Å². The fourth-order valence-electron chi connectivity index (χ4n) is 0.875. The van der Waals surface area contributed by atoms with Crippen LogP contribution in [0, 0.1) is 3.57 Å². The van der Waals surface area contributed by atoms with Gasteiger partial charge in [0.15, 0.2) is 0 Å². The zero-order valence-corrected chi connectivity index (χ0v) is 9.69. The summed E-state index contributed by atoms with van der Waals surface area (Å²) < 4.78 is 2.54. The van der Waals surface area contributed by atoms with Gasteiger partial charge in [0.25, 0.3) is 0 Å². The molecule has 0 fully saturated rings. The summed E-state index contributed by atoms with van der Waals surface area (Å²) in [6.45, 7) is 0. The molecule has 14 heavy (non-hydrogen) atoms. The van der Waals surface area contributed by atoms with E-state index in [0.717, 1.165) is 14.9 Å². The minimum atomic E-state index is -0.962. The van der Waals surface area contributed by atoms with Gasteiger partial charge in [-0.2, -0.15) is 5.10 Å². The molecule has 0 aliphatic heterocycles. The number of carboxylic acid groups (broad SMARTS) is 1. The van der Waals surface area contributed by atoms with Gasteiger partial charge in [0.05, 0.1) is 16.0 Å². The van der Waals surface area contributed by atoms with Crippen LogP contribution in [0.15, 0.2) is 18.6 Å². The van der Waals surface area contributed by atoms with Gasteiger partial charge in [0.2, 0.25) is 5.13 Å². The number of nitrogens with zero attached hydrogens (tertiary/aromatic N) is 3. The minimum absolute atomic E-state index is 0.213. The first-order valence-corrected chi connectivity index (χ1v) is 5.46. The molecule has 72 valence electrons. The highest BCUT2D eigenvalue weighted by molar-refractivity contribution is 14.1. The Balaban J connectivity index is 2.38. The van der Waals surface area contributed by atoms with Crippen LogP contribution in [-0.2, 0) is 0 Å². The molecule has 0 saturated heterocycles. The number of thiazole rings is 1. The molecule has 2 aromatic rings. The van der Waals surface area contributed by atoms with Crippen LogP contribution in [0.3, 0.4) is 0 Å². The first-order chi connectivity index (χ1) is 6.66. The molecule has 0 atom stereocenters. The molecule has 1 N–H and O–H groups in total. The monoisotopic (exact) mass is 321 g/mol. The van der Waals surface area contributed by atoms with Gasteiger partial charge in [-0.1, -0.05) is 11.3 Å². The Morgan fingerprint density at radius 2 is 2.36 bits per heavy atom. The van der Waals surface area contributed by atoms with Gasteiger partial charge in [-0.3, -0.25) is 0 Å². The van der Waals surface area contributed by atoms with E-state index in [1.165, 1.54) is 6.20 Å². The van der Waals surface area contributed by atoms with Crippen molar-refractivity contribution in [2.75, 3.05) is 0 Å². The van der Waals surface area contributed by atoms with Gasteiger partial charge in [0.1, 0.15) is 4.88 Å².